The molecule has 0 spiro atoms. The lowest BCUT2D eigenvalue weighted by Gasteiger charge is -2.07. The maximum Gasteiger partial charge on any atom is 0.348 e. The molecule has 2 aromatic heterocycles. The van der Waals surface area contributed by atoms with Gasteiger partial charge in [-0.25, -0.2) is 9.59 Å². The highest BCUT2D eigenvalue weighted by molar-refractivity contribution is 7.18. The van der Waals surface area contributed by atoms with Gasteiger partial charge in [-0.2, -0.15) is 0 Å². The maximum absolute atomic E-state index is 12.3. The molecule has 2 heterocycles. The van der Waals surface area contributed by atoms with Gasteiger partial charge >= 0.3 is 11.9 Å². The highest BCUT2D eigenvalue weighted by Gasteiger charge is 2.27. The Bertz CT molecular complexity index is 797. The Kier molecular flexibility index (Phi) is 7.56. The Morgan fingerprint density at radius 1 is 1.15 bits per heavy atom. The molecule has 2 aromatic rings. The third-order valence-electron chi connectivity index (χ3n) is 3.51. The molecular weight excluding hydrogens is 372 g/mol. The number of thiophene rings is 1. The molecule has 8 nitrogen and oxygen atoms in total. The first kappa shape index (κ1) is 20.7. The zero-order valence-electron chi connectivity index (χ0n) is 15.4. The summed E-state index contributed by atoms with van der Waals surface area (Å²) >= 11 is 0.994. The van der Waals surface area contributed by atoms with Gasteiger partial charge in [0.15, 0.2) is 0 Å². The van der Waals surface area contributed by atoms with Crippen molar-refractivity contribution in [1.29, 1.82) is 0 Å². The molecule has 0 unspecified atom stereocenters. The minimum absolute atomic E-state index is 0.00858. The number of nitrogens with one attached hydrogen (secondary N) is 2. The van der Waals surface area contributed by atoms with Crippen LogP contribution in [0.3, 0.4) is 0 Å². The van der Waals surface area contributed by atoms with E-state index in [1.165, 1.54) is 0 Å². The van der Waals surface area contributed by atoms with E-state index in [1.54, 1.807) is 39.2 Å². The largest absolute Gasteiger partial charge is 0.468 e. The van der Waals surface area contributed by atoms with E-state index in [2.05, 4.69) is 10.6 Å². The number of ether oxygens (including phenoxy) is 2. The monoisotopic (exact) mass is 394 g/mol. The Labute approximate surface area is 160 Å². The van der Waals surface area contributed by atoms with Crippen molar-refractivity contribution >= 4 is 34.2 Å². The predicted octanol–water partition coefficient (Wildman–Crippen LogP) is 2.73. The molecule has 9 heteroatoms. The van der Waals surface area contributed by atoms with Crippen LogP contribution in [0, 0.1) is 6.92 Å². The summed E-state index contributed by atoms with van der Waals surface area (Å²) in [6, 6.07) is 3.55. The molecule has 2 N–H and O–H groups in total. The fourth-order valence-corrected chi connectivity index (χ4v) is 3.43. The number of anilines is 1. The second-order valence-electron chi connectivity index (χ2n) is 5.43. The van der Waals surface area contributed by atoms with Crippen molar-refractivity contribution in [3.8, 4) is 0 Å². The molecule has 146 valence electrons. The van der Waals surface area contributed by atoms with Crippen molar-refractivity contribution in [2.24, 2.45) is 0 Å². The summed E-state index contributed by atoms with van der Waals surface area (Å²) in [5.41, 5.74) is 0.597. The zero-order chi connectivity index (χ0) is 19.8. The van der Waals surface area contributed by atoms with E-state index >= 15 is 0 Å². The molecule has 0 aliphatic rings. The number of hydrogen-bond donors (Lipinski definition) is 2. The summed E-state index contributed by atoms with van der Waals surface area (Å²) in [7, 11) is 0. The topological polar surface area (TPSA) is 107 Å². The van der Waals surface area contributed by atoms with Crippen molar-refractivity contribution in [3.05, 3.63) is 40.2 Å². The first-order valence-electron chi connectivity index (χ1n) is 8.48. The van der Waals surface area contributed by atoms with Gasteiger partial charge in [0.2, 0.25) is 5.91 Å². The minimum atomic E-state index is -0.597. The fraction of sp³-hybridized carbons (Fsp3) is 0.389. The summed E-state index contributed by atoms with van der Waals surface area (Å²) < 4.78 is 15.2. The van der Waals surface area contributed by atoms with Gasteiger partial charge in [0.05, 0.1) is 38.1 Å². The Hall–Kier alpha value is -2.65. The molecule has 27 heavy (non-hydrogen) atoms. The molecule has 0 fully saturated rings. The quantitative estimate of drug-likeness (QED) is 0.630. The van der Waals surface area contributed by atoms with E-state index < -0.39 is 11.9 Å². The molecule has 0 atom stereocenters. The fourth-order valence-electron chi connectivity index (χ4n) is 2.33. The summed E-state index contributed by atoms with van der Waals surface area (Å²) in [6.07, 6.45) is 1.55. The number of furan rings is 1. The van der Waals surface area contributed by atoms with Crippen LogP contribution in [0.4, 0.5) is 5.00 Å². The van der Waals surface area contributed by atoms with E-state index in [1.807, 2.05) is 0 Å². The summed E-state index contributed by atoms with van der Waals surface area (Å²) in [4.78, 5) is 36.9. The van der Waals surface area contributed by atoms with E-state index in [9.17, 15) is 14.4 Å². The first-order valence-corrected chi connectivity index (χ1v) is 9.30. The minimum Gasteiger partial charge on any atom is -0.468 e. The molecule has 0 saturated heterocycles. The second-order valence-corrected chi connectivity index (χ2v) is 6.45. The van der Waals surface area contributed by atoms with Crippen LogP contribution in [0.2, 0.25) is 0 Å². The Morgan fingerprint density at radius 3 is 2.48 bits per heavy atom. The number of hydrogen-bond acceptors (Lipinski definition) is 8. The maximum atomic E-state index is 12.3. The van der Waals surface area contributed by atoms with Gasteiger partial charge in [-0.05, 0) is 38.5 Å². The number of amides is 1. The molecule has 2 rings (SSSR count). The molecule has 0 aromatic carbocycles. The molecule has 0 bridgehead atoms. The predicted molar refractivity (Wildman–Crippen MR) is 100 cm³/mol. The van der Waals surface area contributed by atoms with Gasteiger partial charge in [-0.1, -0.05) is 0 Å². The van der Waals surface area contributed by atoms with Gasteiger partial charge in [0, 0.05) is 0 Å². The van der Waals surface area contributed by atoms with Gasteiger partial charge in [0.25, 0.3) is 0 Å². The zero-order valence-corrected chi connectivity index (χ0v) is 16.2. The highest BCUT2D eigenvalue weighted by atomic mass is 32.1. The van der Waals surface area contributed by atoms with Crippen molar-refractivity contribution in [3.63, 3.8) is 0 Å². The average molecular weight is 394 g/mol. The third-order valence-corrected chi connectivity index (χ3v) is 4.69. The highest BCUT2D eigenvalue weighted by Crippen LogP contribution is 2.34. The summed E-state index contributed by atoms with van der Waals surface area (Å²) in [6.45, 7) is 5.80. The first-order chi connectivity index (χ1) is 13.0. The molecule has 0 aliphatic heterocycles. The average Bonchev–Trinajstić information content (AvgIpc) is 3.23. The number of rotatable bonds is 9. The van der Waals surface area contributed by atoms with Gasteiger partial charge in [0.1, 0.15) is 15.6 Å². The van der Waals surface area contributed by atoms with Crippen LogP contribution in [-0.4, -0.2) is 37.6 Å². The van der Waals surface area contributed by atoms with Crippen LogP contribution in [0.25, 0.3) is 0 Å². The third kappa shape index (κ3) is 5.41. The van der Waals surface area contributed by atoms with Crippen molar-refractivity contribution in [2.45, 2.75) is 27.3 Å². The smallest absolute Gasteiger partial charge is 0.348 e. The van der Waals surface area contributed by atoms with Crippen molar-refractivity contribution in [1.82, 2.24) is 5.32 Å². The Morgan fingerprint density at radius 2 is 1.85 bits per heavy atom. The van der Waals surface area contributed by atoms with Gasteiger partial charge < -0.3 is 24.5 Å². The van der Waals surface area contributed by atoms with Crippen molar-refractivity contribution in [2.75, 3.05) is 25.1 Å². The lowest BCUT2D eigenvalue weighted by atomic mass is 10.1. The number of esters is 2. The lowest BCUT2D eigenvalue weighted by molar-refractivity contribution is -0.115. The second kappa shape index (κ2) is 9.89. The van der Waals surface area contributed by atoms with E-state index in [0.29, 0.717) is 17.9 Å². The number of carbonyl (C=O) groups excluding carboxylic acids is 3. The van der Waals surface area contributed by atoms with Crippen LogP contribution in [0.1, 0.15) is 45.2 Å². The van der Waals surface area contributed by atoms with Crippen LogP contribution >= 0.6 is 11.3 Å². The van der Waals surface area contributed by atoms with E-state index in [-0.39, 0.29) is 41.1 Å². The molecule has 0 aliphatic carbocycles. The number of carbonyl (C=O) groups is 3. The summed E-state index contributed by atoms with van der Waals surface area (Å²) in [5, 5.41) is 5.87. The summed E-state index contributed by atoms with van der Waals surface area (Å²) in [5.74, 6) is -0.794. The standard InChI is InChI=1S/C18H22N2O6S/c1-4-24-17(22)14-11(3)15(18(23)25-5-2)27-16(14)20-13(21)10-19-9-12-7-6-8-26-12/h6-8,19H,4-5,9-10H2,1-3H3,(H,20,21). The van der Waals surface area contributed by atoms with Crippen LogP contribution in [-0.2, 0) is 20.8 Å². The molecule has 0 saturated carbocycles. The van der Waals surface area contributed by atoms with Gasteiger partial charge in [-0.15, -0.1) is 11.3 Å². The van der Waals surface area contributed by atoms with Crippen LogP contribution in [0.5, 0.6) is 0 Å². The normalized spacial score (nSPS) is 10.5. The van der Waals surface area contributed by atoms with Crippen LogP contribution in [0.15, 0.2) is 22.8 Å². The van der Waals surface area contributed by atoms with Gasteiger partial charge in [-0.3, -0.25) is 4.79 Å². The SMILES string of the molecule is CCOC(=O)c1sc(NC(=O)CNCc2ccco2)c(C(=O)OCC)c1C. The van der Waals surface area contributed by atoms with Crippen molar-refractivity contribution < 1.29 is 28.3 Å². The van der Waals surface area contributed by atoms with E-state index in [0.717, 1.165) is 11.3 Å². The molecular formula is C18H22N2O6S. The van der Waals surface area contributed by atoms with E-state index in [4.69, 9.17) is 13.9 Å². The molecule has 0 radical (unpaired) electrons. The van der Waals surface area contributed by atoms with Crippen LogP contribution < -0.4 is 10.6 Å². The molecule has 1 amide bonds. The lowest BCUT2D eigenvalue weighted by Crippen LogP contribution is -2.28. The Balaban J connectivity index is 2.12.